The van der Waals surface area contributed by atoms with Gasteiger partial charge in [-0.3, -0.25) is 0 Å². The molecule has 3 nitrogen and oxygen atoms in total. The first-order valence-corrected chi connectivity index (χ1v) is 7.53. The predicted molar refractivity (Wildman–Crippen MR) is 75.8 cm³/mol. The van der Waals surface area contributed by atoms with Crippen LogP contribution in [0.25, 0.3) is 0 Å². The largest absolute Gasteiger partial charge is 0.378 e. The summed E-state index contributed by atoms with van der Waals surface area (Å²) in [6.07, 6.45) is 4.19. The molecule has 1 heterocycles. The van der Waals surface area contributed by atoms with Crippen LogP contribution in [0.4, 0.5) is 0 Å². The van der Waals surface area contributed by atoms with Crippen LogP contribution in [-0.4, -0.2) is 49.3 Å². The van der Waals surface area contributed by atoms with E-state index < -0.39 is 0 Å². The molecule has 4 atom stereocenters. The first-order chi connectivity index (χ1) is 8.45. The average Bonchev–Trinajstić information content (AvgIpc) is 2.32. The third-order valence-electron chi connectivity index (χ3n) is 5.19. The van der Waals surface area contributed by atoms with Gasteiger partial charge in [0.25, 0.3) is 0 Å². The van der Waals surface area contributed by atoms with Crippen molar-refractivity contribution in [3.8, 4) is 0 Å². The Kier molecular flexibility index (Phi) is 4.35. The van der Waals surface area contributed by atoms with E-state index in [2.05, 4.69) is 45.0 Å². The summed E-state index contributed by atoms with van der Waals surface area (Å²) in [6, 6.07) is 2.04. The van der Waals surface area contributed by atoms with Crippen LogP contribution in [0.1, 0.15) is 47.0 Å². The van der Waals surface area contributed by atoms with Crippen LogP contribution in [0.3, 0.4) is 0 Å². The van der Waals surface area contributed by atoms with Crippen molar-refractivity contribution >= 4 is 0 Å². The molecular weight excluding hydrogens is 224 g/mol. The van der Waals surface area contributed by atoms with Crippen LogP contribution in [-0.2, 0) is 4.74 Å². The van der Waals surface area contributed by atoms with Gasteiger partial charge in [-0.2, -0.15) is 0 Å². The summed E-state index contributed by atoms with van der Waals surface area (Å²) in [4.78, 5) is 2.47. The van der Waals surface area contributed by atoms with Gasteiger partial charge in [-0.15, -0.1) is 0 Å². The van der Waals surface area contributed by atoms with Crippen LogP contribution >= 0.6 is 0 Å². The molecule has 2 rings (SSSR count). The molecule has 2 aliphatic rings. The van der Waals surface area contributed by atoms with Crippen molar-refractivity contribution in [2.24, 2.45) is 5.41 Å². The van der Waals surface area contributed by atoms with E-state index in [4.69, 9.17) is 4.74 Å². The number of ether oxygens (including phenoxy) is 1. The molecular formula is C15H30N2O. The minimum atomic E-state index is 0.294. The number of nitrogens with zero attached hydrogens (tertiary/aromatic N) is 1. The van der Waals surface area contributed by atoms with Crippen molar-refractivity contribution in [1.82, 2.24) is 10.2 Å². The van der Waals surface area contributed by atoms with Crippen molar-refractivity contribution < 1.29 is 4.74 Å². The van der Waals surface area contributed by atoms with Gasteiger partial charge in [0.1, 0.15) is 0 Å². The summed E-state index contributed by atoms with van der Waals surface area (Å²) in [5.74, 6) is 0. The minimum Gasteiger partial charge on any atom is -0.378 e. The van der Waals surface area contributed by atoms with Crippen LogP contribution in [0.15, 0.2) is 0 Å². The van der Waals surface area contributed by atoms with Crippen molar-refractivity contribution in [2.75, 3.05) is 20.2 Å². The van der Waals surface area contributed by atoms with Gasteiger partial charge in [0.2, 0.25) is 0 Å². The smallest absolute Gasteiger partial charge is 0.0655 e. The molecule has 106 valence electrons. The van der Waals surface area contributed by atoms with E-state index in [0.717, 1.165) is 6.61 Å². The Morgan fingerprint density at radius 3 is 2.61 bits per heavy atom. The second-order valence-corrected chi connectivity index (χ2v) is 6.77. The molecule has 0 spiro atoms. The molecule has 1 aliphatic carbocycles. The Bertz CT molecular complexity index is 280. The summed E-state index contributed by atoms with van der Waals surface area (Å²) < 4.78 is 5.80. The maximum absolute atomic E-state index is 5.80. The predicted octanol–water partition coefficient (Wildman–Crippen LogP) is 2.26. The highest BCUT2D eigenvalue weighted by molar-refractivity contribution is 5.04. The number of piperidine rings is 1. The van der Waals surface area contributed by atoms with Gasteiger partial charge in [0.05, 0.1) is 6.10 Å². The highest BCUT2D eigenvalue weighted by Gasteiger charge is 2.49. The topological polar surface area (TPSA) is 24.5 Å². The second kappa shape index (κ2) is 5.48. The van der Waals surface area contributed by atoms with Gasteiger partial charge in [-0.1, -0.05) is 13.8 Å². The molecule has 3 heteroatoms. The van der Waals surface area contributed by atoms with Gasteiger partial charge < -0.3 is 15.0 Å². The van der Waals surface area contributed by atoms with E-state index in [1.807, 2.05) is 0 Å². The standard InChI is InChI=1S/C15H30N2O/c1-6-18-14-10-13(15(14,3)4)16-12-7-8-17(5)11(2)9-12/h11-14,16H,6-10H2,1-5H3. The zero-order chi connectivity index (χ0) is 13.3. The van der Waals surface area contributed by atoms with E-state index in [0.29, 0.717) is 29.6 Å². The molecule has 0 aromatic heterocycles. The summed E-state index contributed by atoms with van der Waals surface area (Å²) in [7, 11) is 2.24. The Balaban J connectivity index is 1.81. The molecule has 0 radical (unpaired) electrons. The Hall–Kier alpha value is -0.120. The summed E-state index contributed by atoms with van der Waals surface area (Å²) in [5.41, 5.74) is 0.294. The van der Waals surface area contributed by atoms with Gasteiger partial charge in [0.15, 0.2) is 0 Å². The monoisotopic (exact) mass is 254 g/mol. The molecule has 1 saturated carbocycles. The average molecular weight is 254 g/mol. The summed E-state index contributed by atoms with van der Waals surface area (Å²) >= 11 is 0. The fraction of sp³-hybridized carbons (Fsp3) is 1.00. The van der Waals surface area contributed by atoms with Crippen molar-refractivity contribution in [2.45, 2.75) is 71.2 Å². The van der Waals surface area contributed by atoms with Crippen molar-refractivity contribution in [3.05, 3.63) is 0 Å². The van der Waals surface area contributed by atoms with E-state index in [9.17, 15) is 0 Å². The fourth-order valence-electron chi connectivity index (χ4n) is 3.38. The highest BCUT2D eigenvalue weighted by atomic mass is 16.5. The zero-order valence-electron chi connectivity index (χ0n) is 12.7. The van der Waals surface area contributed by atoms with Crippen LogP contribution in [0.5, 0.6) is 0 Å². The SMILES string of the molecule is CCOC1CC(NC2CCN(C)C(C)C2)C1(C)C. The molecule has 0 amide bonds. The van der Waals surface area contributed by atoms with Gasteiger partial charge in [-0.25, -0.2) is 0 Å². The van der Waals surface area contributed by atoms with Crippen molar-refractivity contribution in [1.29, 1.82) is 0 Å². The first-order valence-electron chi connectivity index (χ1n) is 7.53. The number of likely N-dealkylation sites (tertiary alicyclic amines) is 1. The Morgan fingerprint density at radius 1 is 1.33 bits per heavy atom. The van der Waals surface area contributed by atoms with Crippen LogP contribution in [0.2, 0.25) is 0 Å². The Morgan fingerprint density at radius 2 is 2.06 bits per heavy atom. The normalized spacial score (nSPS) is 40.5. The third kappa shape index (κ3) is 2.73. The summed E-state index contributed by atoms with van der Waals surface area (Å²) in [5, 5.41) is 3.88. The maximum atomic E-state index is 5.80. The zero-order valence-corrected chi connectivity index (χ0v) is 12.7. The van der Waals surface area contributed by atoms with Gasteiger partial charge in [0, 0.05) is 30.1 Å². The minimum absolute atomic E-state index is 0.294. The van der Waals surface area contributed by atoms with E-state index in [1.54, 1.807) is 0 Å². The molecule has 0 aromatic rings. The maximum Gasteiger partial charge on any atom is 0.0655 e. The fourth-order valence-corrected chi connectivity index (χ4v) is 3.38. The lowest BCUT2D eigenvalue weighted by Gasteiger charge is -2.53. The number of rotatable bonds is 4. The van der Waals surface area contributed by atoms with Crippen molar-refractivity contribution in [3.63, 3.8) is 0 Å². The molecule has 1 N–H and O–H groups in total. The number of hydrogen-bond acceptors (Lipinski definition) is 3. The lowest BCUT2D eigenvalue weighted by Crippen LogP contribution is -2.64. The second-order valence-electron chi connectivity index (χ2n) is 6.77. The number of hydrogen-bond donors (Lipinski definition) is 1. The Labute approximate surface area is 112 Å². The van der Waals surface area contributed by atoms with E-state index >= 15 is 0 Å². The molecule has 2 fully saturated rings. The van der Waals surface area contributed by atoms with E-state index in [-0.39, 0.29) is 0 Å². The first kappa shape index (κ1) is 14.3. The lowest BCUT2D eigenvalue weighted by molar-refractivity contribution is -0.118. The summed E-state index contributed by atoms with van der Waals surface area (Å²) in [6.45, 7) is 11.2. The van der Waals surface area contributed by atoms with Crippen LogP contribution in [0, 0.1) is 5.41 Å². The third-order valence-corrected chi connectivity index (χ3v) is 5.19. The highest BCUT2D eigenvalue weighted by Crippen LogP contribution is 2.43. The molecule has 1 saturated heterocycles. The molecule has 18 heavy (non-hydrogen) atoms. The van der Waals surface area contributed by atoms with Gasteiger partial charge in [-0.05, 0) is 46.7 Å². The quantitative estimate of drug-likeness (QED) is 0.833. The number of nitrogens with one attached hydrogen (secondary N) is 1. The van der Waals surface area contributed by atoms with Crippen LogP contribution < -0.4 is 5.32 Å². The molecule has 1 aliphatic heterocycles. The van der Waals surface area contributed by atoms with Gasteiger partial charge >= 0.3 is 0 Å². The molecule has 0 aromatic carbocycles. The molecule has 0 bridgehead atoms. The lowest BCUT2D eigenvalue weighted by atomic mass is 9.64. The van der Waals surface area contributed by atoms with E-state index in [1.165, 1.54) is 25.8 Å². The molecule has 4 unspecified atom stereocenters.